The van der Waals surface area contributed by atoms with Gasteiger partial charge in [0, 0.05) is 18.8 Å². The molecule has 3 aromatic rings. The standard InChI is InChI=1S/C37H47FN4O5S/c1-34(2,3)47-33(44)42-24-36(45,26-10-8-7-9-11-26)23-31(42)32(43)40-30-22-28(14-15-29(30)38)37(19-16-25-12-13-25,27-17-20-39-21-18-27)41-48(46)35(4,5)6/h7-11,14-15,17-18,20-22,25,31,41,45H,12-13,16,19,23-24H2,1-6H3,(H,40,43)/t31-,36-,37?,48+/m1/s1. The predicted molar refractivity (Wildman–Crippen MR) is 185 cm³/mol. The quantitative estimate of drug-likeness (QED) is 0.224. The van der Waals surface area contributed by atoms with E-state index in [1.165, 1.54) is 11.0 Å². The largest absolute Gasteiger partial charge is 0.444 e. The summed E-state index contributed by atoms with van der Waals surface area (Å²) in [7, 11) is -1.51. The summed E-state index contributed by atoms with van der Waals surface area (Å²) in [6.07, 6.45) is 6.19. The second-order valence-corrected chi connectivity index (χ2v) is 17.0. The van der Waals surface area contributed by atoms with Gasteiger partial charge < -0.3 is 15.2 Å². The summed E-state index contributed by atoms with van der Waals surface area (Å²) < 4.78 is 37.8. The number of ether oxygens (including phenoxy) is 1. The maximum atomic E-state index is 15.6. The first-order chi connectivity index (χ1) is 22.5. The fourth-order valence-electron chi connectivity index (χ4n) is 6.09. The van der Waals surface area contributed by atoms with Gasteiger partial charge in [-0.05, 0) is 101 Å². The number of hydrogen-bond acceptors (Lipinski definition) is 6. The highest BCUT2D eigenvalue weighted by molar-refractivity contribution is 7.84. The fraction of sp³-hybridized carbons (Fsp3) is 0.486. The van der Waals surface area contributed by atoms with Crippen molar-refractivity contribution in [2.45, 2.75) is 101 Å². The number of nitrogens with one attached hydrogen (secondary N) is 2. The number of β-amino-alcohol motifs (C(OH)–C–C–N with tert-alkyl or cyclic N) is 1. The molecule has 1 unspecified atom stereocenters. The molecule has 1 aliphatic heterocycles. The Morgan fingerprint density at radius 1 is 1.02 bits per heavy atom. The van der Waals surface area contributed by atoms with Crippen molar-refractivity contribution in [1.29, 1.82) is 0 Å². The normalized spacial score (nSPS) is 21.8. The zero-order valence-electron chi connectivity index (χ0n) is 28.6. The van der Waals surface area contributed by atoms with Crippen LogP contribution in [0.3, 0.4) is 0 Å². The second kappa shape index (κ2) is 13.7. The maximum absolute atomic E-state index is 15.6. The number of rotatable bonds is 10. The molecule has 1 aromatic heterocycles. The van der Waals surface area contributed by atoms with E-state index < -0.39 is 56.3 Å². The number of nitrogens with zero attached hydrogens (tertiary/aromatic N) is 2. The first-order valence-corrected chi connectivity index (χ1v) is 17.6. The Labute approximate surface area is 285 Å². The summed E-state index contributed by atoms with van der Waals surface area (Å²) in [5.74, 6) is -0.780. The van der Waals surface area contributed by atoms with Crippen molar-refractivity contribution in [1.82, 2.24) is 14.6 Å². The van der Waals surface area contributed by atoms with Gasteiger partial charge in [0.1, 0.15) is 23.1 Å². The van der Waals surface area contributed by atoms with E-state index in [0.717, 1.165) is 24.8 Å². The minimum atomic E-state index is -1.53. The summed E-state index contributed by atoms with van der Waals surface area (Å²) in [6, 6.07) is 15.9. The first-order valence-electron chi connectivity index (χ1n) is 16.5. The molecule has 11 heteroatoms. The van der Waals surface area contributed by atoms with Crippen LogP contribution in [0.15, 0.2) is 73.1 Å². The number of carbonyl (C=O) groups excluding carboxylic acids is 2. The number of hydrogen-bond donors (Lipinski definition) is 3. The molecule has 0 spiro atoms. The molecule has 2 amide bonds. The van der Waals surface area contributed by atoms with Crippen LogP contribution in [-0.2, 0) is 31.7 Å². The monoisotopic (exact) mass is 678 g/mol. The Morgan fingerprint density at radius 2 is 1.69 bits per heavy atom. The Balaban J connectivity index is 1.52. The number of likely N-dealkylation sites (tertiary alicyclic amines) is 1. The second-order valence-electron chi connectivity index (χ2n) is 15.0. The van der Waals surface area contributed by atoms with Gasteiger partial charge in [-0.2, -0.15) is 0 Å². The molecule has 48 heavy (non-hydrogen) atoms. The number of anilines is 1. The zero-order chi connectivity index (χ0) is 34.9. The van der Waals surface area contributed by atoms with Crippen LogP contribution >= 0.6 is 0 Å². The van der Waals surface area contributed by atoms with Gasteiger partial charge in [0.15, 0.2) is 0 Å². The molecule has 9 nitrogen and oxygen atoms in total. The van der Waals surface area contributed by atoms with Crippen molar-refractivity contribution in [3.8, 4) is 0 Å². The molecule has 3 N–H and O–H groups in total. The van der Waals surface area contributed by atoms with E-state index in [-0.39, 0.29) is 18.7 Å². The predicted octanol–water partition coefficient (Wildman–Crippen LogP) is 6.54. The number of amides is 2. The van der Waals surface area contributed by atoms with Crippen LogP contribution in [0.2, 0.25) is 0 Å². The van der Waals surface area contributed by atoms with Gasteiger partial charge in [0.25, 0.3) is 0 Å². The number of aromatic nitrogens is 1. The average Bonchev–Trinajstić information content (AvgIpc) is 3.79. The third-order valence-electron chi connectivity index (χ3n) is 8.92. The van der Waals surface area contributed by atoms with Crippen LogP contribution in [0.25, 0.3) is 0 Å². The van der Waals surface area contributed by atoms with Crippen LogP contribution in [0.4, 0.5) is 14.9 Å². The minimum absolute atomic E-state index is 0.0926. The van der Waals surface area contributed by atoms with Crippen molar-refractivity contribution in [3.05, 3.63) is 95.6 Å². The van der Waals surface area contributed by atoms with Gasteiger partial charge in [-0.25, -0.2) is 18.1 Å². The fourth-order valence-corrected chi connectivity index (χ4v) is 7.05. The van der Waals surface area contributed by atoms with Crippen LogP contribution < -0.4 is 10.0 Å². The summed E-state index contributed by atoms with van der Waals surface area (Å²) in [6.45, 7) is 10.6. The third kappa shape index (κ3) is 8.13. The molecule has 4 atom stereocenters. The highest BCUT2D eigenvalue weighted by atomic mass is 32.2. The number of benzene rings is 2. The lowest BCUT2D eigenvalue weighted by atomic mass is 9.79. The van der Waals surface area contributed by atoms with Gasteiger partial charge in [0.2, 0.25) is 5.91 Å². The smallest absolute Gasteiger partial charge is 0.411 e. The summed E-state index contributed by atoms with van der Waals surface area (Å²) in [4.78, 5) is 32.8. The van der Waals surface area contributed by atoms with E-state index in [9.17, 15) is 18.9 Å². The van der Waals surface area contributed by atoms with Gasteiger partial charge >= 0.3 is 6.09 Å². The first kappa shape index (κ1) is 35.6. The highest BCUT2D eigenvalue weighted by Gasteiger charge is 2.50. The molecule has 2 aromatic carbocycles. The van der Waals surface area contributed by atoms with E-state index >= 15 is 4.39 Å². The van der Waals surface area contributed by atoms with E-state index in [4.69, 9.17) is 4.74 Å². The lowest BCUT2D eigenvalue weighted by Crippen LogP contribution is -2.49. The number of pyridine rings is 1. The average molecular weight is 679 g/mol. The Kier molecular flexibility index (Phi) is 10.2. The van der Waals surface area contributed by atoms with Crippen molar-refractivity contribution in [3.63, 3.8) is 0 Å². The zero-order valence-corrected chi connectivity index (χ0v) is 29.4. The molecule has 1 aliphatic carbocycles. The molecule has 1 saturated carbocycles. The summed E-state index contributed by atoms with van der Waals surface area (Å²) in [5, 5.41) is 14.4. The van der Waals surface area contributed by atoms with E-state index in [1.54, 1.807) is 69.6 Å². The van der Waals surface area contributed by atoms with Crippen LogP contribution in [-0.4, -0.2) is 54.1 Å². The molecule has 1 saturated heterocycles. The molecule has 258 valence electrons. The maximum Gasteiger partial charge on any atom is 0.411 e. The molecule has 0 bridgehead atoms. The molecule has 5 rings (SSSR count). The van der Waals surface area contributed by atoms with Gasteiger partial charge in [-0.1, -0.05) is 49.2 Å². The van der Waals surface area contributed by atoms with Crippen molar-refractivity contribution < 1.29 is 28.0 Å². The van der Waals surface area contributed by atoms with E-state index in [1.807, 2.05) is 39.0 Å². The lowest BCUT2D eigenvalue weighted by Gasteiger charge is -2.38. The van der Waals surface area contributed by atoms with Gasteiger partial charge in [-0.15, -0.1) is 0 Å². The van der Waals surface area contributed by atoms with E-state index in [2.05, 4.69) is 15.0 Å². The van der Waals surface area contributed by atoms with Crippen molar-refractivity contribution in [2.75, 3.05) is 11.9 Å². The Bertz CT molecular complexity index is 1640. The molecular formula is C37H47FN4O5S. The highest BCUT2D eigenvalue weighted by Crippen LogP contribution is 2.43. The minimum Gasteiger partial charge on any atom is -0.444 e. The molecule has 2 fully saturated rings. The number of carbonyl (C=O) groups is 2. The molecular weight excluding hydrogens is 631 g/mol. The van der Waals surface area contributed by atoms with Crippen molar-refractivity contribution >= 4 is 28.7 Å². The van der Waals surface area contributed by atoms with Crippen LogP contribution in [0.5, 0.6) is 0 Å². The molecule has 0 radical (unpaired) electrons. The number of halogens is 1. The topological polar surface area (TPSA) is 121 Å². The Morgan fingerprint density at radius 3 is 2.29 bits per heavy atom. The van der Waals surface area contributed by atoms with Gasteiger partial charge in [0.05, 0.1) is 33.5 Å². The SMILES string of the molecule is CC(C)(C)OC(=O)N1C[C@@](O)(c2ccccc2)C[C@@H]1C(=O)Nc1cc(C(CCC2CC2)(N[S@@](=O)C(C)(C)C)c2ccncc2)ccc1F. The third-order valence-corrected chi connectivity index (χ3v) is 10.6. The summed E-state index contributed by atoms with van der Waals surface area (Å²) in [5.41, 5.74) is -1.45. The van der Waals surface area contributed by atoms with Crippen molar-refractivity contribution in [2.24, 2.45) is 5.92 Å². The van der Waals surface area contributed by atoms with Crippen LogP contribution in [0.1, 0.15) is 90.3 Å². The van der Waals surface area contributed by atoms with E-state index in [0.29, 0.717) is 23.5 Å². The summed E-state index contributed by atoms with van der Waals surface area (Å²) >= 11 is 0. The Hall–Kier alpha value is -3.67. The van der Waals surface area contributed by atoms with Gasteiger partial charge in [-0.3, -0.25) is 14.7 Å². The molecule has 2 aliphatic rings. The molecule has 2 heterocycles. The number of aliphatic hydroxyl groups is 1. The van der Waals surface area contributed by atoms with Crippen LogP contribution in [0, 0.1) is 11.7 Å². The lowest BCUT2D eigenvalue weighted by molar-refractivity contribution is -0.120.